The molecule has 3 aromatic heterocycles. The number of carboxylic acid groups (broad SMARTS) is 1. The highest BCUT2D eigenvalue weighted by Crippen LogP contribution is 2.17. The van der Waals surface area contributed by atoms with E-state index in [1.807, 2.05) is 18.2 Å². The molecule has 6 nitrogen and oxygen atoms in total. The minimum atomic E-state index is -1.00. The van der Waals surface area contributed by atoms with Crippen LogP contribution in [0.1, 0.15) is 16.1 Å². The number of hydrogen-bond acceptors (Lipinski definition) is 4. The molecule has 0 amide bonds. The van der Waals surface area contributed by atoms with Gasteiger partial charge in [-0.3, -0.25) is 9.38 Å². The van der Waals surface area contributed by atoms with Gasteiger partial charge in [0.1, 0.15) is 5.65 Å². The molecule has 0 saturated carbocycles. The maximum absolute atomic E-state index is 11.4. The van der Waals surface area contributed by atoms with Crippen LogP contribution in [0.3, 0.4) is 0 Å². The molecule has 6 heteroatoms. The maximum Gasteiger partial charge on any atom is 0.356 e. The van der Waals surface area contributed by atoms with Gasteiger partial charge in [0, 0.05) is 25.1 Å². The molecule has 0 aromatic carbocycles. The van der Waals surface area contributed by atoms with Crippen molar-refractivity contribution in [2.45, 2.75) is 6.42 Å². The number of nitrogens with zero attached hydrogens (tertiary/aromatic N) is 3. The summed E-state index contributed by atoms with van der Waals surface area (Å²) in [6.45, 7) is 0.593. The van der Waals surface area contributed by atoms with Crippen LogP contribution < -0.4 is 5.32 Å². The van der Waals surface area contributed by atoms with E-state index in [9.17, 15) is 9.90 Å². The number of nitrogens with one attached hydrogen (secondary N) is 1. The summed E-state index contributed by atoms with van der Waals surface area (Å²) in [4.78, 5) is 19.8. The third-order valence-corrected chi connectivity index (χ3v) is 3.16. The molecule has 0 spiro atoms. The second kappa shape index (κ2) is 5.62. The van der Waals surface area contributed by atoms with Gasteiger partial charge in [-0.25, -0.2) is 9.78 Å². The highest BCUT2D eigenvalue weighted by atomic mass is 16.4. The van der Waals surface area contributed by atoms with Crippen LogP contribution in [-0.2, 0) is 6.42 Å². The summed E-state index contributed by atoms with van der Waals surface area (Å²) in [6.07, 6.45) is 5.96. The van der Waals surface area contributed by atoms with Crippen LogP contribution in [0, 0.1) is 0 Å². The SMILES string of the molecule is O=C(O)c1c(NCCc2cccnc2)nc2ccccn12. The Morgan fingerprint density at radius 3 is 2.95 bits per heavy atom. The van der Waals surface area contributed by atoms with Crippen molar-refractivity contribution in [3.8, 4) is 0 Å². The Bertz CT molecular complexity index is 768. The smallest absolute Gasteiger partial charge is 0.356 e. The fourth-order valence-electron chi connectivity index (χ4n) is 2.19. The molecule has 2 N–H and O–H groups in total. The number of imidazole rings is 1. The first kappa shape index (κ1) is 13.1. The number of fused-ring (bicyclic) bond motifs is 1. The van der Waals surface area contributed by atoms with Crippen LogP contribution in [0.2, 0.25) is 0 Å². The standard InChI is InChI=1S/C15H14N4O2/c20-15(21)13-14(18-12-5-1-2-9-19(12)13)17-8-6-11-4-3-7-16-10-11/h1-5,7,9-10,17H,6,8H2,(H,20,21). The van der Waals surface area contributed by atoms with Crippen LogP contribution in [0.15, 0.2) is 48.9 Å². The molecule has 0 aliphatic rings. The lowest BCUT2D eigenvalue weighted by Crippen LogP contribution is -2.10. The van der Waals surface area contributed by atoms with Crippen LogP contribution in [0.25, 0.3) is 5.65 Å². The zero-order valence-corrected chi connectivity index (χ0v) is 11.2. The number of rotatable bonds is 5. The molecule has 3 aromatic rings. The second-order valence-electron chi connectivity index (χ2n) is 4.58. The minimum Gasteiger partial charge on any atom is -0.476 e. The van der Waals surface area contributed by atoms with E-state index in [1.54, 1.807) is 35.1 Å². The van der Waals surface area contributed by atoms with Gasteiger partial charge in [-0.2, -0.15) is 0 Å². The third-order valence-electron chi connectivity index (χ3n) is 3.16. The van der Waals surface area contributed by atoms with Crippen molar-refractivity contribution in [1.82, 2.24) is 14.4 Å². The summed E-state index contributed by atoms with van der Waals surface area (Å²) in [5, 5.41) is 12.5. The lowest BCUT2D eigenvalue weighted by atomic mass is 10.2. The topological polar surface area (TPSA) is 79.5 Å². The Hall–Kier alpha value is -2.89. The van der Waals surface area contributed by atoms with E-state index in [-0.39, 0.29) is 5.69 Å². The van der Waals surface area contributed by atoms with E-state index in [2.05, 4.69) is 15.3 Å². The van der Waals surface area contributed by atoms with Crippen LogP contribution in [0.5, 0.6) is 0 Å². The molecule has 0 unspecified atom stereocenters. The highest BCUT2D eigenvalue weighted by molar-refractivity contribution is 5.92. The molecule has 21 heavy (non-hydrogen) atoms. The Morgan fingerprint density at radius 1 is 1.29 bits per heavy atom. The van der Waals surface area contributed by atoms with Crippen molar-refractivity contribution in [3.05, 3.63) is 60.2 Å². The lowest BCUT2D eigenvalue weighted by molar-refractivity contribution is 0.0690. The number of aromatic carboxylic acids is 1. The molecule has 0 radical (unpaired) electrons. The summed E-state index contributed by atoms with van der Waals surface area (Å²) in [6, 6.07) is 9.24. The van der Waals surface area contributed by atoms with Gasteiger partial charge in [-0.1, -0.05) is 12.1 Å². The van der Waals surface area contributed by atoms with Crippen molar-refractivity contribution in [2.75, 3.05) is 11.9 Å². The number of pyridine rings is 2. The molecule has 0 aliphatic heterocycles. The van der Waals surface area contributed by atoms with Crippen molar-refractivity contribution in [1.29, 1.82) is 0 Å². The minimum absolute atomic E-state index is 0.150. The average Bonchev–Trinajstić information content (AvgIpc) is 2.86. The Kier molecular flexibility index (Phi) is 3.51. The number of hydrogen-bond donors (Lipinski definition) is 2. The zero-order chi connectivity index (χ0) is 14.7. The molecule has 0 atom stereocenters. The van der Waals surface area contributed by atoms with Crippen LogP contribution >= 0.6 is 0 Å². The molecule has 0 aliphatic carbocycles. The normalized spacial score (nSPS) is 10.7. The Labute approximate surface area is 121 Å². The summed E-state index contributed by atoms with van der Waals surface area (Å²) in [5.41, 5.74) is 1.85. The van der Waals surface area contributed by atoms with Crippen LogP contribution in [0.4, 0.5) is 5.82 Å². The van der Waals surface area contributed by atoms with Gasteiger partial charge in [0.25, 0.3) is 0 Å². The monoisotopic (exact) mass is 282 g/mol. The van der Waals surface area contributed by atoms with Gasteiger partial charge < -0.3 is 10.4 Å². The number of carboxylic acids is 1. The summed E-state index contributed by atoms with van der Waals surface area (Å²) in [7, 11) is 0. The van der Waals surface area contributed by atoms with Crippen LogP contribution in [-0.4, -0.2) is 32.0 Å². The highest BCUT2D eigenvalue weighted by Gasteiger charge is 2.17. The van der Waals surface area contributed by atoms with E-state index in [1.165, 1.54) is 0 Å². The Balaban J connectivity index is 1.80. The maximum atomic E-state index is 11.4. The molecule has 106 valence electrons. The van der Waals surface area contributed by atoms with Crippen molar-refractivity contribution >= 4 is 17.4 Å². The molecule has 0 fully saturated rings. The van der Waals surface area contributed by atoms with Gasteiger partial charge in [0.05, 0.1) is 0 Å². The first-order valence-electron chi connectivity index (χ1n) is 6.59. The van der Waals surface area contributed by atoms with E-state index in [0.29, 0.717) is 18.0 Å². The molecule has 3 rings (SSSR count). The number of aromatic nitrogens is 3. The van der Waals surface area contributed by atoms with Gasteiger partial charge in [0.2, 0.25) is 0 Å². The number of anilines is 1. The first-order valence-corrected chi connectivity index (χ1v) is 6.59. The second-order valence-corrected chi connectivity index (χ2v) is 4.58. The fourth-order valence-corrected chi connectivity index (χ4v) is 2.19. The summed E-state index contributed by atoms with van der Waals surface area (Å²) < 4.78 is 1.56. The quantitative estimate of drug-likeness (QED) is 0.749. The first-order chi connectivity index (χ1) is 10.3. The van der Waals surface area contributed by atoms with E-state index >= 15 is 0 Å². The lowest BCUT2D eigenvalue weighted by Gasteiger charge is -2.04. The number of carbonyl (C=O) groups is 1. The molecular weight excluding hydrogens is 268 g/mol. The Morgan fingerprint density at radius 2 is 2.19 bits per heavy atom. The largest absolute Gasteiger partial charge is 0.476 e. The molecule has 0 saturated heterocycles. The van der Waals surface area contributed by atoms with Gasteiger partial charge in [-0.05, 0) is 30.2 Å². The van der Waals surface area contributed by atoms with Gasteiger partial charge >= 0.3 is 5.97 Å². The average molecular weight is 282 g/mol. The van der Waals surface area contributed by atoms with E-state index < -0.39 is 5.97 Å². The van der Waals surface area contributed by atoms with E-state index in [0.717, 1.165) is 12.0 Å². The van der Waals surface area contributed by atoms with Crippen molar-refractivity contribution < 1.29 is 9.90 Å². The predicted molar refractivity (Wildman–Crippen MR) is 78.6 cm³/mol. The third kappa shape index (κ3) is 2.69. The van der Waals surface area contributed by atoms with E-state index in [4.69, 9.17) is 0 Å². The van der Waals surface area contributed by atoms with Crippen molar-refractivity contribution in [3.63, 3.8) is 0 Å². The molecule has 3 heterocycles. The predicted octanol–water partition coefficient (Wildman–Crippen LogP) is 2.08. The summed E-state index contributed by atoms with van der Waals surface area (Å²) in [5.74, 6) is -0.616. The van der Waals surface area contributed by atoms with Gasteiger partial charge in [0.15, 0.2) is 11.5 Å². The van der Waals surface area contributed by atoms with Crippen molar-refractivity contribution in [2.24, 2.45) is 0 Å². The molecule has 0 bridgehead atoms. The zero-order valence-electron chi connectivity index (χ0n) is 11.2. The molecular formula is C15H14N4O2. The summed E-state index contributed by atoms with van der Waals surface area (Å²) >= 11 is 0. The van der Waals surface area contributed by atoms with Gasteiger partial charge in [-0.15, -0.1) is 0 Å². The fraction of sp³-hybridized carbons (Fsp3) is 0.133.